The minimum atomic E-state index is 0.463. The summed E-state index contributed by atoms with van der Waals surface area (Å²) < 4.78 is 6.04. The highest BCUT2D eigenvalue weighted by Gasteiger charge is 2.27. The van der Waals surface area contributed by atoms with Crippen LogP contribution in [0.3, 0.4) is 0 Å². The molecule has 3 aliphatic heterocycles. The quantitative estimate of drug-likeness (QED) is 0.500. The van der Waals surface area contributed by atoms with Gasteiger partial charge in [-0.3, -0.25) is 0 Å². The lowest BCUT2D eigenvalue weighted by Gasteiger charge is -2.22. The zero-order valence-electron chi connectivity index (χ0n) is 19.4. The molecule has 3 N–H and O–H groups in total. The van der Waals surface area contributed by atoms with Crippen LogP contribution in [-0.4, -0.2) is 62.9 Å². The number of aryl methyl sites for hydroxylation is 1. The summed E-state index contributed by atoms with van der Waals surface area (Å²) in [7, 11) is 0. The third-order valence-corrected chi connectivity index (χ3v) is 7.28. The molecule has 5 nitrogen and oxygen atoms in total. The lowest BCUT2D eigenvalue weighted by Crippen LogP contribution is -2.35. The van der Waals surface area contributed by atoms with Crippen molar-refractivity contribution in [2.24, 2.45) is 5.92 Å². The monoisotopic (exact) mass is 426 g/mol. The third-order valence-electron chi connectivity index (χ3n) is 7.28. The molecule has 1 aromatic rings. The van der Waals surface area contributed by atoms with Gasteiger partial charge in [-0.1, -0.05) is 6.58 Å². The van der Waals surface area contributed by atoms with E-state index in [4.69, 9.17) is 4.74 Å². The Morgan fingerprint density at radius 2 is 2.03 bits per heavy atom. The number of rotatable bonds is 10. The predicted octanol–water partition coefficient (Wildman–Crippen LogP) is 3.54. The number of hydrogen-bond acceptors (Lipinski definition) is 5. The molecule has 5 heteroatoms. The minimum absolute atomic E-state index is 0.463. The molecule has 0 saturated carbocycles. The lowest BCUT2D eigenvalue weighted by atomic mass is 9.93. The van der Waals surface area contributed by atoms with E-state index < -0.39 is 0 Å². The minimum Gasteiger partial charge on any atom is -0.494 e. The Bertz CT molecular complexity index is 709. The Labute approximate surface area is 189 Å². The molecule has 31 heavy (non-hydrogen) atoms. The summed E-state index contributed by atoms with van der Waals surface area (Å²) in [4.78, 5) is 2.60. The van der Waals surface area contributed by atoms with Crippen molar-refractivity contribution in [2.45, 2.75) is 64.0 Å². The fraction of sp³-hybridized carbons (Fsp3) is 0.692. The average Bonchev–Trinajstić information content (AvgIpc) is 3.44. The molecule has 0 spiro atoms. The van der Waals surface area contributed by atoms with Gasteiger partial charge in [0.1, 0.15) is 5.75 Å². The van der Waals surface area contributed by atoms with E-state index in [1.54, 1.807) is 0 Å². The summed E-state index contributed by atoms with van der Waals surface area (Å²) in [6.45, 7) is 14.4. The molecule has 0 aromatic heterocycles. The van der Waals surface area contributed by atoms with Gasteiger partial charge >= 0.3 is 0 Å². The van der Waals surface area contributed by atoms with Crippen molar-refractivity contribution >= 4 is 5.70 Å². The van der Waals surface area contributed by atoms with Gasteiger partial charge in [0.25, 0.3) is 0 Å². The molecule has 2 unspecified atom stereocenters. The molecule has 0 radical (unpaired) electrons. The first-order valence-corrected chi connectivity index (χ1v) is 12.5. The first-order valence-electron chi connectivity index (χ1n) is 12.5. The number of piperidine rings is 1. The summed E-state index contributed by atoms with van der Waals surface area (Å²) in [5.74, 6) is 1.86. The van der Waals surface area contributed by atoms with Crippen molar-refractivity contribution in [1.29, 1.82) is 0 Å². The number of likely N-dealkylation sites (tertiary alicyclic amines) is 1. The van der Waals surface area contributed by atoms with E-state index in [9.17, 15) is 0 Å². The van der Waals surface area contributed by atoms with Crippen LogP contribution in [0.5, 0.6) is 5.75 Å². The average molecular weight is 427 g/mol. The van der Waals surface area contributed by atoms with Crippen LogP contribution < -0.4 is 20.7 Å². The fourth-order valence-corrected chi connectivity index (χ4v) is 5.47. The highest BCUT2D eigenvalue weighted by Crippen LogP contribution is 2.24. The van der Waals surface area contributed by atoms with Crippen LogP contribution in [0, 0.1) is 12.8 Å². The maximum Gasteiger partial charge on any atom is 0.119 e. The molecule has 0 amide bonds. The molecule has 1 aromatic carbocycles. The van der Waals surface area contributed by atoms with E-state index in [0.29, 0.717) is 12.1 Å². The van der Waals surface area contributed by atoms with E-state index >= 15 is 0 Å². The summed E-state index contributed by atoms with van der Waals surface area (Å²) in [6.07, 6.45) is 8.97. The van der Waals surface area contributed by atoms with Crippen LogP contribution in [0.25, 0.3) is 5.70 Å². The molecule has 3 saturated heterocycles. The second-order valence-electron chi connectivity index (χ2n) is 9.83. The van der Waals surface area contributed by atoms with Crippen LogP contribution in [0.2, 0.25) is 0 Å². The molecule has 3 aliphatic rings. The van der Waals surface area contributed by atoms with Gasteiger partial charge in [-0.05, 0) is 108 Å². The van der Waals surface area contributed by atoms with Crippen molar-refractivity contribution in [3.63, 3.8) is 0 Å². The van der Waals surface area contributed by atoms with Gasteiger partial charge < -0.3 is 25.6 Å². The molecule has 2 atom stereocenters. The van der Waals surface area contributed by atoms with Crippen molar-refractivity contribution in [3.05, 3.63) is 35.9 Å². The van der Waals surface area contributed by atoms with Gasteiger partial charge in [-0.25, -0.2) is 0 Å². The van der Waals surface area contributed by atoms with E-state index in [-0.39, 0.29) is 0 Å². The van der Waals surface area contributed by atoms with E-state index in [1.807, 2.05) is 0 Å². The maximum atomic E-state index is 6.04. The lowest BCUT2D eigenvalue weighted by molar-refractivity contribution is 0.273. The number of ether oxygens (including phenoxy) is 1. The molecule has 4 rings (SSSR count). The fourth-order valence-electron chi connectivity index (χ4n) is 5.47. The molecule has 0 aliphatic carbocycles. The highest BCUT2D eigenvalue weighted by atomic mass is 16.5. The largest absolute Gasteiger partial charge is 0.494 e. The van der Waals surface area contributed by atoms with Gasteiger partial charge in [0, 0.05) is 36.4 Å². The Hall–Kier alpha value is -1.56. The van der Waals surface area contributed by atoms with Crippen LogP contribution in [0.4, 0.5) is 0 Å². The summed E-state index contributed by atoms with van der Waals surface area (Å²) in [6, 6.07) is 7.49. The van der Waals surface area contributed by atoms with E-state index in [2.05, 4.69) is 52.6 Å². The van der Waals surface area contributed by atoms with Crippen LogP contribution in [0.15, 0.2) is 24.8 Å². The van der Waals surface area contributed by atoms with Gasteiger partial charge in [0.05, 0.1) is 6.61 Å². The standard InChI is InChI=1S/C26H42N4O/c1-20-16-25(31-15-5-6-22-9-11-27-12-10-22)7-8-26(20)21(2)29-23-17-24(28-18-23)19-30-13-3-4-14-30/h7-8,16,22-24,27-29H,2-6,9-15,17-19H2,1H3. The molecular formula is C26H42N4O. The van der Waals surface area contributed by atoms with E-state index in [1.165, 1.54) is 82.4 Å². The zero-order chi connectivity index (χ0) is 21.5. The number of nitrogens with zero attached hydrogens (tertiary/aromatic N) is 1. The highest BCUT2D eigenvalue weighted by molar-refractivity contribution is 5.65. The Balaban J connectivity index is 1.19. The van der Waals surface area contributed by atoms with Gasteiger partial charge in [-0.15, -0.1) is 0 Å². The van der Waals surface area contributed by atoms with Gasteiger partial charge in [0.2, 0.25) is 0 Å². The van der Waals surface area contributed by atoms with Crippen molar-refractivity contribution in [1.82, 2.24) is 20.9 Å². The SMILES string of the molecule is C=C(NC1CNC(CN2CCCC2)C1)c1ccc(OCCCC2CCNCC2)cc1C. The Morgan fingerprint density at radius 3 is 2.81 bits per heavy atom. The molecule has 3 fully saturated rings. The number of hydrogen-bond donors (Lipinski definition) is 3. The third kappa shape index (κ3) is 6.71. The smallest absolute Gasteiger partial charge is 0.119 e. The van der Waals surface area contributed by atoms with Crippen LogP contribution >= 0.6 is 0 Å². The Morgan fingerprint density at radius 1 is 1.23 bits per heavy atom. The van der Waals surface area contributed by atoms with Crippen molar-refractivity contribution < 1.29 is 4.74 Å². The molecule has 172 valence electrons. The van der Waals surface area contributed by atoms with Crippen LogP contribution in [-0.2, 0) is 0 Å². The summed E-state index contributed by atoms with van der Waals surface area (Å²) in [5.41, 5.74) is 3.46. The summed E-state index contributed by atoms with van der Waals surface area (Å²) >= 11 is 0. The first kappa shape index (κ1) is 22.6. The second-order valence-corrected chi connectivity index (χ2v) is 9.83. The van der Waals surface area contributed by atoms with E-state index in [0.717, 1.165) is 36.9 Å². The van der Waals surface area contributed by atoms with Crippen molar-refractivity contribution in [2.75, 3.05) is 45.9 Å². The topological polar surface area (TPSA) is 48.6 Å². The summed E-state index contributed by atoms with van der Waals surface area (Å²) in [5, 5.41) is 10.8. The first-order chi connectivity index (χ1) is 15.2. The number of benzene rings is 1. The molecule has 3 heterocycles. The van der Waals surface area contributed by atoms with Crippen LogP contribution in [0.1, 0.15) is 56.1 Å². The Kier molecular flexibility index (Phi) is 8.28. The zero-order valence-corrected chi connectivity index (χ0v) is 19.4. The molecule has 0 bridgehead atoms. The van der Waals surface area contributed by atoms with Crippen molar-refractivity contribution in [3.8, 4) is 5.75 Å². The number of nitrogens with one attached hydrogen (secondary N) is 3. The predicted molar refractivity (Wildman–Crippen MR) is 130 cm³/mol. The second kappa shape index (κ2) is 11.3. The maximum absolute atomic E-state index is 6.04. The molecular weight excluding hydrogens is 384 g/mol. The van der Waals surface area contributed by atoms with Gasteiger partial charge in [0.15, 0.2) is 0 Å². The van der Waals surface area contributed by atoms with Gasteiger partial charge in [-0.2, -0.15) is 0 Å². The normalized spacial score (nSPS) is 25.1.